The highest BCUT2D eigenvalue weighted by Gasteiger charge is 2.49. The summed E-state index contributed by atoms with van der Waals surface area (Å²) in [5.74, 6) is 0.480. The second-order valence-corrected chi connectivity index (χ2v) is 7.90. The van der Waals surface area contributed by atoms with E-state index in [2.05, 4.69) is 10.6 Å². The van der Waals surface area contributed by atoms with Gasteiger partial charge in [0.1, 0.15) is 17.8 Å². The van der Waals surface area contributed by atoms with Crippen LogP contribution in [0, 0.1) is 0 Å². The van der Waals surface area contributed by atoms with E-state index in [1.165, 1.54) is 14.2 Å². The third kappa shape index (κ3) is 4.98. The molecule has 1 aliphatic rings. The summed E-state index contributed by atoms with van der Waals surface area (Å²) in [5, 5.41) is 5.72. The second kappa shape index (κ2) is 9.99. The van der Waals surface area contributed by atoms with Gasteiger partial charge in [-0.1, -0.05) is 23.7 Å². The number of ether oxygens (including phenoxy) is 3. The number of benzene rings is 2. The van der Waals surface area contributed by atoms with Crippen molar-refractivity contribution in [1.82, 2.24) is 15.5 Å². The molecule has 1 atom stereocenters. The zero-order valence-corrected chi connectivity index (χ0v) is 19.6. The van der Waals surface area contributed by atoms with Crippen molar-refractivity contribution in [2.45, 2.75) is 25.9 Å². The number of carbonyl (C=O) groups excluding carboxylic acids is 3. The van der Waals surface area contributed by atoms with Crippen LogP contribution in [0.2, 0.25) is 5.02 Å². The van der Waals surface area contributed by atoms with Crippen molar-refractivity contribution < 1.29 is 28.6 Å². The van der Waals surface area contributed by atoms with Crippen LogP contribution in [0.4, 0.5) is 4.79 Å². The van der Waals surface area contributed by atoms with Crippen LogP contribution in [0.15, 0.2) is 36.4 Å². The summed E-state index contributed by atoms with van der Waals surface area (Å²) in [5.41, 5.74) is -0.0192. The second-order valence-electron chi connectivity index (χ2n) is 7.49. The molecule has 2 aromatic rings. The summed E-state index contributed by atoms with van der Waals surface area (Å²) in [6.45, 7) is 3.56. The maximum atomic E-state index is 13.0. The summed E-state index contributed by atoms with van der Waals surface area (Å²) in [4.78, 5) is 38.9. The average molecular weight is 476 g/mol. The van der Waals surface area contributed by atoms with E-state index in [0.717, 1.165) is 4.90 Å². The van der Waals surface area contributed by atoms with E-state index >= 15 is 0 Å². The molecule has 9 nitrogen and oxygen atoms in total. The van der Waals surface area contributed by atoms with Crippen LogP contribution in [0.3, 0.4) is 0 Å². The Balaban J connectivity index is 1.66. The smallest absolute Gasteiger partial charge is 0.325 e. The van der Waals surface area contributed by atoms with Gasteiger partial charge in [0, 0.05) is 6.54 Å². The predicted molar refractivity (Wildman–Crippen MR) is 122 cm³/mol. The normalized spacial score (nSPS) is 17.5. The van der Waals surface area contributed by atoms with Gasteiger partial charge in [0.15, 0.2) is 11.5 Å². The molecule has 10 heteroatoms. The number of nitrogens with one attached hydrogen (secondary N) is 2. The number of hydrogen-bond donors (Lipinski definition) is 2. The van der Waals surface area contributed by atoms with Crippen molar-refractivity contribution in [3.63, 3.8) is 0 Å². The number of rotatable bonds is 9. The monoisotopic (exact) mass is 475 g/mol. The fraction of sp³-hybridized carbons (Fsp3) is 0.348. The third-order valence-corrected chi connectivity index (χ3v) is 5.59. The molecule has 2 aromatic carbocycles. The summed E-state index contributed by atoms with van der Waals surface area (Å²) >= 11 is 6.26. The Kier molecular flexibility index (Phi) is 7.33. The van der Waals surface area contributed by atoms with E-state index in [-0.39, 0.29) is 6.54 Å². The Bertz CT molecular complexity index is 1060. The molecule has 3 rings (SSSR count). The van der Waals surface area contributed by atoms with Crippen LogP contribution in [-0.4, -0.2) is 50.1 Å². The van der Waals surface area contributed by atoms with Gasteiger partial charge in [0.25, 0.3) is 5.91 Å². The highest BCUT2D eigenvalue weighted by Crippen LogP contribution is 2.36. The number of imide groups is 1. The number of hydrogen-bond acceptors (Lipinski definition) is 6. The van der Waals surface area contributed by atoms with E-state index in [0.29, 0.717) is 40.0 Å². The Morgan fingerprint density at radius 2 is 1.85 bits per heavy atom. The van der Waals surface area contributed by atoms with E-state index in [1.807, 2.05) is 6.92 Å². The molecule has 33 heavy (non-hydrogen) atoms. The number of amides is 4. The van der Waals surface area contributed by atoms with Gasteiger partial charge in [-0.05, 0) is 49.2 Å². The van der Waals surface area contributed by atoms with Crippen LogP contribution in [0.1, 0.15) is 25.0 Å². The van der Waals surface area contributed by atoms with Gasteiger partial charge in [0.05, 0.1) is 25.8 Å². The lowest BCUT2D eigenvalue weighted by Gasteiger charge is -2.22. The molecule has 0 radical (unpaired) electrons. The topological polar surface area (TPSA) is 106 Å². The molecule has 4 amide bonds. The largest absolute Gasteiger partial charge is 0.497 e. The highest BCUT2D eigenvalue weighted by molar-refractivity contribution is 6.32. The molecule has 1 unspecified atom stereocenters. The molecule has 0 saturated carbocycles. The van der Waals surface area contributed by atoms with Crippen molar-refractivity contribution in [3.05, 3.63) is 52.5 Å². The first kappa shape index (κ1) is 24.2. The molecule has 1 heterocycles. The van der Waals surface area contributed by atoms with E-state index in [9.17, 15) is 14.4 Å². The molecule has 0 bridgehead atoms. The standard InChI is InChI=1S/C23H26ClN3O6/c1-5-33-20-17(24)10-14(11-18(20)32-4)12-25-19(28)13-27-21(29)23(2,26-22(27)30)15-6-8-16(31-3)9-7-15/h6-11H,5,12-13H2,1-4H3,(H,25,28)(H,26,30). The molecular weight excluding hydrogens is 450 g/mol. The number of nitrogens with zero attached hydrogens (tertiary/aromatic N) is 1. The van der Waals surface area contributed by atoms with Crippen LogP contribution in [0.5, 0.6) is 17.2 Å². The lowest BCUT2D eigenvalue weighted by atomic mass is 9.92. The molecule has 176 valence electrons. The van der Waals surface area contributed by atoms with E-state index in [4.69, 9.17) is 25.8 Å². The Morgan fingerprint density at radius 1 is 1.15 bits per heavy atom. The number of urea groups is 1. The van der Waals surface area contributed by atoms with E-state index in [1.54, 1.807) is 43.3 Å². The Labute approximate surface area is 196 Å². The van der Waals surface area contributed by atoms with Crippen molar-refractivity contribution in [3.8, 4) is 17.2 Å². The average Bonchev–Trinajstić information content (AvgIpc) is 3.03. The van der Waals surface area contributed by atoms with Crippen LogP contribution < -0.4 is 24.8 Å². The molecule has 0 aliphatic carbocycles. The first-order valence-electron chi connectivity index (χ1n) is 10.3. The van der Waals surface area contributed by atoms with Gasteiger partial charge in [-0.15, -0.1) is 0 Å². The lowest BCUT2D eigenvalue weighted by Crippen LogP contribution is -2.43. The molecule has 1 saturated heterocycles. The molecule has 0 aromatic heterocycles. The number of carbonyl (C=O) groups is 3. The number of methoxy groups -OCH3 is 2. The fourth-order valence-corrected chi connectivity index (χ4v) is 3.81. The minimum Gasteiger partial charge on any atom is -0.497 e. The maximum Gasteiger partial charge on any atom is 0.325 e. The molecule has 2 N–H and O–H groups in total. The predicted octanol–water partition coefficient (Wildman–Crippen LogP) is 2.84. The van der Waals surface area contributed by atoms with Gasteiger partial charge in [0.2, 0.25) is 5.91 Å². The summed E-state index contributed by atoms with van der Waals surface area (Å²) < 4.78 is 15.9. The van der Waals surface area contributed by atoms with Crippen LogP contribution in [-0.2, 0) is 21.7 Å². The summed E-state index contributed by atoms with van der Waals surface area (Å²) in [6, 6.07) is 9.51. The quantitative estimate of drug-likeness (QED) is 0.540. The maximum absolute atomic E-state index is 13.0. The van der Waals surface area contributed by atoms with E-state index < -0.39 is 29.9 Å². The molecular formula is C23H26ClN3O6. The lowest BCUT2D eigenvalue weighted by molar-refractivity contribution is -0.134. The Hall–Kier alpha value is -3.46. The van der Waals surface area contributed by atoms with Crippen molar-refractivity contribution in [1.29, 1.82) is 0 Å². The van der Waals surface area contributed by atoms with Gasteiger partial charge < -0.3 is 24.8 Å². The third-order valence-electron chi connectivity index (χ3n) is 5.31. The summed E-state index contributed by atoms with van der Waals surface area (Å²) in [7, 11) is 3.03. The minimum atomic E-state index is -1.28. The van der Waals surface area contributed by atoms with Crippen molar-refractivity contribution in [2.24, 2.45) is 0 Å². The zero-order valence-electron chi connectivity index (χ0n) is 18.9. The molecule has 1 fully saturated rings. The first-order chi connectivity index (χ1) is 15.7. The number of halogens is 1. The van der Waals surface area contributed by atoms with Crippen molar-refractivity contribution in [2.75, 3.05) is 27.4 Å². The first-order valence-corrected chi connectivity index (χ1v) is 10.7. The van der Waals surface area contributed by atoms with Crippen LogP contribution in [0.25, 0.3) is 0 Å². The molecule has 1 aliphatic heterocycles. The van der Waals surface area contributed by atoms with Gasteiger partial charge in [-0.3, -0.25) is 14.5 Å². The Morgan fingerprint density at radius 3 is 2.45 bits per heavy atom. The minimum absolute atomic E-state index is 0.126. The fourth-order valence-electron chi connectivity index (χ4n) is 3.52. The highest BCUT2D eigenvalue weighted by atomic mass is 35.5. The van der Waals surface area contributed by atoms with Crippen LogP contribution >= 0.6 is 11.6 Å². The van der Waals surface area contributed by atoms with Gasteiger partial charge in [-0.2, -0.15) is 0 Å². The van der Waals surface area contributed by atoms with Gasteiger partial charge in [-0.25, -0.2) is 4.79 Å². The molecule has 0 spiro atoms. The summed E-state index contributed by atoms with van der Waals surface area (Å²) in [6.07, 6.45) is 0. The van der Waals surface area contributed by atoms with Gasteiger partial charge >= 0.3 is 6.03 Å². The van der Waals surface area contributed by atoms with Crippen molar-refractivity contribution >= 4 is 29.4 Å². The zero-order chi connectivity index (χ0) is 24.2. The SMILES string of the molecule is CCOc1c(Cl)cc(CNC(=O)CN2C(=O)NC(C)(c3ccc(OC)cc3)C2=O)cc1OC.